The third kappa shape index (κ3) is 5.92. The molecular formula is C12H24O2Si. The normalized spacial score (nSPS) is 11.5. The molecule has 0 spiro atoms. The number of rotatable bonds is 8. The molecule has 0 aliphatic carbocycles. The van der Waals surface area contributed by atoms with Crippen LogP contribution < -0.4 is 0 Å². The molecule has 0 aromatic carbocycles. The van der Waals surface area contributed by atoms with Gasteiger partial charge in [-0.25, -0.2) is 0 Å². The van der Waals surface area contributed by atoms with Crippen molar-refractivity contribution in [1.29, 1.82) is 0 Å². The van der Waals surface area contributed by atoms with Gasteiger partial charge in [0.15, 0.2) is 0 Å². The summed E-state index contributed by atoms with van der Waals surface area (Å²) >= 11 is 0. The minimum atomic E-state index is -2.12. The molecule has 0 aromatic heterocycles. The summed E-state index contributed by atoms with van der Waals surface area (Å²) in [4.78, 5) is 0. The predicted octanol–water partition coefficient (Wildman–Crippen LogP) is 3.65. The minimum absolute atomic E-state index is 0.701. The Bertz CT molecular complexity index is 200. The molecule has 88 valence electrons. The van der Waals surface area contributed by atoms with Gasteiger partial charge in [-0.15, -0.1) is 13.2 Å². The summed E-state index contributed by atoms with van der Waals surface area (Å²) < 4.78 is 11.8. The van der Waals surface area contributed by atoms with Gasteiger partial charge in [-0.05, 0) is 27.7 Å². The quantitative estimate of drug-likeness (QED) is 0.466. The third-order valence-corrected chi connectivity index (χ3v) is 5.87. The molecule has 3 heteroatoms. The highest BCUT2D eigenvalue weighted by Crippen LogP contribution is 2.26. The second-order valence-corrected chi connectivity index (χ2v) is 7.15. The SMILES string of the molecule is C=C(C)C[Si](CC(=C)C)(OCC)OCC. The Kier molecular flexibility index (Phi) is 6.81. The summed E-state index contributed by atoms with van der Waals surface area (Å²) in [5.41, 5.74) is 2.26. The number of hydrogen-bond acceptors (Lipinski definition) is 2. The summed E-state index contributed by atoms with van der Waals surface area (Å²) in [6.07, 6.45) is 0. The molecule has 0 heterocycles. The van der Waals surface area contributed by atoms with Gasteiger partial charge in [0.05, 0.1) is 0 Å². The monoisotopic (exact) mass is 228 g/mol. The highest BCUT2D eigenvalue weighted by atomic mass is 28.4. The van der Waals surface area contributed by atoms with Crippen molar-refractivity contribution in [3.8, 4) is 0 Å². The molecular weight excluding hydrogens is 204 g/mol. The van der Waals surface area contributed by atoms with Crippen molar-refractivity contribution < 1.29 is 8.85 Å². The summed E-state index contributed by atoms with van der Waals surface area (Å²) in [7, 11) is -2.12. The average Bonchev–Trinajstić information content (AvgIpc) is 2.01. The average molecular weight is 228 g/mol. The van der Waals surface area contributed by atoms with Crippen LogP contribution in [0.5, 0.6) is 0 Å². The van der Waals surface area contributed by atoms with Crippen molar-refractivity contribution in [3.05, 3.63) is 24.3 Å². The van der Waals surface area contributed by atoms with E-state index in [0.717, 1.165) is 23.2 Å². The first-order valence-corrected chi connectivity index (χ1v) is 7.75. The Hall–Kier alpha value is -0.383. The van der Waals surface area contributed by atoms with E-state index in [1.807, 2.05) is 27.7 Å². The lowest BCUT2D eigenvalue weighted by Crippen LogP contribution is -2.42. The van der Waals surface area contributed by atoms with Crippen molar-refractivity contribution >= 4 is 8.56 Å². The molecule has 0 N–H and O–H groups in total. The van der Waals surface area contributed by atoms with E-state index in [4.69, 9.17) is 8.85 Å². The van der Waals surface area contributed by atoms with Crippen molar-refractivity contribution in [3.63, 3.8) is 0 Å². The van der Waals surface area contributed by atoms with Crippen LogP contribution >= 0.6 is 0 Å². The Morgan fingerprint density at radius 3 is 1.47 bits per heavy atom. The molecule has 0 aliphatic rings. The first-order valence-electron chi connectivity index (χ1n) is 5.52. The summed E-state index contributed by atoms with van der Waals surface area (Å²) in [6, 6.07) is 1.73. The van der Waals surface area contributed by atoms with E-state index >= 15 is 0 Å². The Morgan fingerprint density at radius 2 is 1.27 bits per heavy atom. The van der Waals surface area contributed by atoms with Crippen molar-refractivity contribution in [2.75, 3.05) is 13.2 Å². The molecule has 0 aromatic rings. The van der Waals surface area contributed by atoms with Crippen LogP contribution in [0.4, 0.5) is 0 Å². The van der Waals surface area contributed by atoms with Crippen LogP contribution in [0.1, 0.15) is 27.7 Å². The molecule has 0 unspecified atom stereocenters. The summed E-state index contributed by atoms with van der Waals surface area (Å²) in [5, 5.41) is 0. The topological polar surface area (TPSA) is 18.5 Å². The van der Waals surface area contributed by atoms with Crippen LogP contribution in [0, 0.1) is 0 Å². The highest BCUT2D eigenvalue weighted by Gasteiger charge is 2.36. The van der Waals surface area contributed by atoms with E-state index in [1.54, 1.807) is 0 Å². The maximum Gasteiger partial charge on any atom is 0.346 e. The lowest BCUT2D eigenvalue weighted by atomic mass is 10.4. The van der Waals surface area contributed by atoms with Gasteiger partial charge in [-0.2, -0.15) is 0 Å². The molecule has 0 aliphatic heterocycles. The molecule has 0 saturated heterocycles. The zero-order valence-corrected chi connectivity index (χ0v) is 11.6. The molecule has 0 radical (unpaired) electrons. The second-order valence-electron chi connectivity index (χ2n) is 4.04. The second kappa shape index (κ2) is 6.98. The van der Waals surface area contributed by atoms with Gasteiger partial charge in [-0.1, -0.05) is 11.1 Å². The smallest absolute Gasteiger partial charge is 0.346 e. The van der Waals surface area contributed by atoms with Crippen LogP contribution in [0.3, 0.4) is 0 Å². The molecule has 0 amide bonds. The van der Waals surface area contributed by atoms with Crippen LogP contribution in [0.2, 0.25) is 12.1 Å². The molecule has 0 fully saturated rings. The minimum Gasteiger partial charge on any atom is -0.394 e. The number of hydrogen-bond donors (Lipinski definition) is 0. The van der Waals surface area contributed by atoms with Crippen molar-refractivity contribution in [2.45, 2.75) is 39.8 Å². The molecule has 0 bridgehead atoms. The van der Waals surface area contributed by atoms with E-state index in [1.165, 1.54) is 0 Å². The van der Waals surface area contributed by atoms with Gasteiger partial charge in [0.25, 0.3) is 0 Å². The van der Waals surface area contributed by atoms with Crippen LogP contribution in [0.15, 0.2) is 24.3 Å². The zero-order chi connectivity index (χ0) is 11.9. The van der Waals surface area contributed by atoms with E-state index in [-0.39, 0.29) is 0 Å². The fourth-order valence-corrected chi connectivity index (χ4v) is 5.26. The largest absolute Gasteiger partial charge is 0.394 e. The van der Waals surface area contributed by atoms with Gasteiger partial charge in [0.2, 0.25) is 0 Å². The maximum absolute atomic E-state index is 5.89. The van der Waals surface area contributed by atoms with Crippen molar-refractivity contribution in [1.82, 2.24) is 0 Å². The molecule has 2 nitrogen and oxygen atoms in total. The van der Waals surface area contributed by atoms with Crippen molar-refractivity contribution in [2.24, 2.45) is 0 Å². The standard InChI is InChI=1S/C12H24O2Si/c1-7-13-15(14-8-2,9-11(3)4)10-12(5)6/h3,5,7-10H2,1-2,4,6H3. The number of allylic oxidation sites excluding steroid dienone is 2. The van der Waals surface area contributed by atoms with Crippen LogP contribution in [-0.2, 0) is 8.85 Å². The van der Waals surface area contributed by atoms with Crippen LogP contribution in [0.25, 0.3) is 0 Å². The Balaban J connectivity index is 4.69. The zero-order valence-electron chi connectivity index (χ0n) is 10.6. The van der Waals surface area contributed by atoms with Gasteiger partial charge in [0.1, 0.15) is 0 Å². The van der Waals surface area contributed by atoms with Crippen LogP contribution in [-0.4, -0.2) is 21.8 Å². The highest BCUT2D eigenvalue weighted by molar-refractivity contribution is 6.68. The molecule has 15 heavy (non-hydrogen) atoms. The maximum atomic E-state index is 5.89. The van der Waals surface area contributed by atoms with E-state index < -0.39 is 8.56 Å². The molecule has 0 atom stereocenters. The fourth-order valence-electron chi connectivity index (χ4n) is 1.75. The molecule has 0 saturated carbocycles. The predicted molar refractivity (Wildman–Crippen MR) is 68.2 cm³/mol. The van der Waals surface area contributed by atoms with Gasteiger partial charge in [-0.3, -0.25) is 0 Å². The van der Waals surface area contributed by atoms with E-state index in [2.05, 4.69) is 13.2 Å². The first-order chi connectivity index (χ1) is 6.95. The van der Waals surface area contributed by atoms with Gasteiger partial charge >= 0.3 is 8.56 Å². The molecule has 0 rings (SSSR count). The van der Waals surface area contributed by atoms with Gasteiger partial charge < -0.3 is 8.85 Å². The fraction of sp³-hybridized carbons (Fsp3) is 0.667. The summed E-state index contributed by atoms with van der Waals surface area (Å²) in [5.74, 6) is 0. The lowest BCUT2D eigenvalue weighted by Gasteiger charge is -2.30. The Labute approximate surface area is 95.2 Å². The Morgan fingerprint density at radius 1 is 0.933 bits per heavy atom. The lowest BCUT2D eigenvalue weighted by molar-refractivity contribution is 0.187. The van der Waals surface area contributed by atoms with E-state index in [9.17, 15) is 0 Å². The summed E-state index contributed by atoms with van der Waals surface area (Å²) in [6.45, 7) is 17.4. The first kappa shape index (κ1) is 14.6. The van der Waals surface area contributed by atoms with Gasteiger partial charge in [0, 0.05) is 25.3 Å². The third-order valence-electron chi connectivity index (χ3n) is 1.96. The van der Waals surface area contributed by atoms with E-state index in [0.29, 0.717) is 13.2 Å².